The molecule has 2 atom stereocenters. The van der Waals surface area contributed by atoms with Crippen molar-refractivity contribution in [2.24, 2.45) is 0 Å². The van der Waals surface area contributed by atoms with Crippen LogP contribution in [0.4, 0.5) is 0 Å². The van der Waals surface area contributed by atoms with Gasteiger partial charge in [0.1, 0.15) is 6.10 Å². The fourth-order valence-corrected chi connectivity index (χ4v) is 2.48. The molecule has 0 saturated carbocycles. The number of carbonyl (C=O) groups excluding carboxylic acids is 1. The number of nitrogens with one attached hydrogen (secondary N) is 1. The van der Waals surface area contributed by atoms with Crippen LogP contribution in [0, 0.1) is 0 Å². The van der Waals surface area contributed by atoms with Gasteiger partial charge >= 0.3 is 0 Å². The average molecular weight is 329 g/mol. The molecule has 1 fully saturated rings. The first-order chi connectivity index (χ1) is 11.8. The molecule has 3 rings (SSSR count). The highest BCUT2D eigenvalue weighted by molar-refractivity contribution is 5.94. The summed E-state index contributed by atoms with van der Waals surface area (Å²) in [6.07, 6.45) is 3.59. The predicted molar refractivity (Wildman–Crippen MR) is 86.1 cm³/mol. The Balaban J connectivity index is 1.67. The monoisotopic (exact) mass is 329 g/mol. The molecule has 0 aliphatic carbocycles. The van der Waals surface area contributed by atoms with Gasteiger partial charge in [-0.3, -0.25) is 4.79 Å². The largest absolute Gasteiger partial charge is 0.481 e. The lowest BCUT2D eigenvalue weighted by molar-refractivity contribution is -0.0152. The highest BCUT2D eigenvalue weighted by Crippen LogP contribution is 2.16. The summed E-state index contributed by atoms with van der Waals surface area (Å²) in [6.45, 7) is 0.980. The van der Waals surface area contributed by atoms with Crippen molar-refractivity contribution in [3.05, 3.63) is 48.3 Å². The zero-order chi connectivity index (χ0) is 16.8. The average Bonchev–Trinajstić information content (AvgIpc) is 2.64. The standard InChI is InChI=1S/C17H19N3O4/c1-22-16-10-12(5-8-19-16)17(21)20-13-6-9-23-11-14(13)24-15-4-2-3-7-18-15/h2-5,7-8,10,13-14H,6,9,11H2,1H3,(H,20,21)/t13-,14-/m1/s1. The number of aromatic nitrogens is 2. The number of hydrogen-bond acceptors (Lipinski definition) is 6. The second kappa shape index (κ2) is 7.74. The van der Waals surface area contributed by atoms with Gasteiger partial charge in [-0.2, -0.15) is 0 Å². The molecular formula is C17H19N3O4. The molecule has 2 aromatic rings. The van der Waals surface area contributed by atoms with Crippen molar-refractivity contribution in [2.75, 3.05) is 20.3 Å². The molecule has 1 amide bonds. The zero-order valence-electron chi connectivity index (χ0n) is 13.3. The minimum Gasteiger partial charge on any atom is -0.481 e. The molecular weight excluding hydrogens is 310 g/mol. The molecule has 0 unspecified atom stereocenters. The van der Waals surface area contributed by atoms with Gasteiger partial charge in [0.05, 0.1) is 19.8 Å². The van der Waals surface area contributed by atoms with Crippen LogP contribution >= 0.6 is 0 Å². The highest BCUT2D eigenvalue weighted by atomic mass is 16.5. The van der Waals surface area contributed by atoms with Crippen molar-refractivity contribution in [3.63, 3.8) is 0 Å². The summed E-state index contributed by atoms with van der Waals surface area (Å²) in [4.78, 5) is 20.6. The lowest BCUT2D eigenvalue weighted by atomic mass is 10.1. The number of pyridine rings is 2. The molecule has 2 aromatic heterocycles. The van der Waals surface area contributed by atoms with Crippen molar-refractivity contribution in [2.45, 2.75) is 18.6 Å². The normalized spacial score (nSPS) is 20.2. The Bertz CT molecular complexity index is 681. The summed E-state index contributed by atoms with van der Waals surface area (Å²) < 4.78 is 16.4. The molecule has 1 N–H and O–H groups in total. The van der Waals surface area contributed by atoms with Crippen LogP contribution in [-0.4, -0.2) is 48.3 Å². The molecule has 1 aliphatic rings. The Morgan fingerprint density at radius 2 is 2.12 bits per heavy atom. The van der Waals surface area contributed by atoms with E-state index < -0.39 is 0 Å². The van der Waals surface area contributed by atoms with Crippen molar-refractivity contribution < 1.29 is 19.0 Å². The van der Waals surface area contributed by atoms with E-state index in [2.05, 4.69) is 15.3 Å². The Labute approximate surface area is 140 Å². The van der Waals surface area contributed by atoms with Crippen molar-refractivity contribution >= 4 is 5.91 Å². The smallest absolute Gasteiger partial charge is 0.251 e. The summed E-state index contributed by atoms with van der Waals surface area (Å²) in [5.74, 6) is 0.714. The van der Waals surface area contributed by atoms with Crippen molar-refractivity contribution in [1.29, 1.82) is 0 Å². The number of ether oxygens (including phenoxy) is 3. The molecule has 24 heavy (non-hydrogen) atoms. The fraction of sp³-hybridized carbons (Fsp3) is 0.353. The second-order valence-electron chi connectivity index (χ2n) is 5.35. The zero-order valence-corrected chi connectivity index (χ0v) is 13.3. The van der Waals surface area contributed by atoms with Gasteiger partial charge < -0.3 is 19.5 Å². The Hall–Kier alpha value is -2.67. The van der Waals surface area contributed by atoms with Gasteiger partial charge in [0.25, 0.3) is 5.91 Å². The first-order valence-corrected chi connectivity index (χ1v) is 7.72. The number of carbonyl (C=O) groups is 1. The molecule has 0 bridgehead atoms. The van der Waals surface area contributed by atoms with Gasteiger partial charge in [0.15, 0.2) is 0 Å². The quantitative estimate of drug-likeness (QED) is 0.894. The summed E-state index contributed by atoms with van der Waals surface area (Å²) in [5.41, 5.74) is 0.491. The predicted octanol–water partition coefficient (Wildman–Crippen LogP) is 1.45. The highest BCUT2D eigenvalue weighted by Gasteiger charge is 2.29. The van der Waals surface area contributed by atoms with Crippen LogP contribution in [0.2, 0.25) is 0 Å². The van der Waals surface area contributed by atoms with E-state index in [0.29, 0.717) is 37.0 Å². The van der Waals surface area contributed by atoms with Gasteiger partial charge in [0.2, 0.25) is 11.8 Å². The SMILES string of the molecule is COc1cc(C(=O)N[C@@H]2CCOC[C@H]2Oc2ccccn2)ccn1. The van der Waals surface area contributed by atoms with Crippen molar-refractivity contribution in [3.8, 4) is 11.8 Å². The van der Waals surface area contributed by atoms with Crippen molar-refractivity contribution in [1.82, 2.24) is 15.3 Å². The molecule has 0 radical (unpaired) electrons. The third-order valence-corrected chi connectivity index (χ3v) is 3.74. The summed E-state index contributed by atoms with van der Waals surface area (Å²) in [5, 5.41) is 3.00. The third kappa shape index (κ3) is 3.99. The van der Waals surface area contributed by atoms with E-state index in [1.807, 2.05) is 12.1 Å². The minimum absolute atomic E-state index is 0.160. The number of amides is 1. The van der Waals surface area contributed by atoms with Gasteiger partial charge in [-0.1, -0.05) is 6.07 Å². The molecule has 7 nitrogen and oxygen atoms in total. The van der Waals surface area contributed by atoms with Gasteiger partial charge in [-0.25, -0.2) is 9.97 Å². The third-order valence-electron chi connectivity index (χ3n) is 3.74. The maximum absolute atomic E-state index is 12.5. The van der Waals surface area contributed by atoms with Crippen LogP contribution in [0.1, 0.15) is 16.8 Å². The van der Waals surface area contributed by atoms with Gasteiger partial charge in [-0.15, -0.1) is 0 Å². The topological polar surface area (TPSA) is 82.6 Å². The van der Waals surface area contributed by atoms with E-state index in [1.54, 1.807) is 30.6 Å². The van der Waals surface area contributed by atoms with Crippen LogP contribution < -0.4 is 14.8 Å². The van der Waals surface area contributed by atoms with E-state index in [1.165, 1.54) is 7.11 Å². The Kier molecular flexibility index (Phi) is 5.22. The van der Waals surface area contributed by atoms with Crippen LogP contribution in [-0.2, 0) is 4.74 Å². The van der Waals surface area contributed by atoms with Gasteiger partial charge in [-0.05, 0) is 18.6 Å². The molecule has 0 aromatic carbocycles. The molecule has 0 spiro atoms. The first kappa shape index (κ1) is 16.2. The lowest BCUT2D eigenvalue weighted by Gasteiger charge is -2.32. The number of nitrogens with zero attached hydrogens (tertiary/aromatic N) is 2. The number of rotatable bonds is 5. The Morgan fingerprint density at radius 3 is 2.92 bits per heavy atom. The van der Waals surface area contributed by atoms with E-state index >= 15 is 0 Å². The van der Waals surface area contributed by atoms with E-state index in [9.17, 15) is 4.79 Å². The summed E-state index contributed by atoms with van der Waals surface area (Å²) in [7, 11) is 1.51. The molecule has 7 heteroatoms. The van der Waals surface area contributed by atoms with Crippen LogP contribution in [0.5, 0.6) is 11.8 Å². The minimum atomic E-state index is -0.290. The van der Waals surface area contributed by atoms with Gasteiger partial charge in [0, 0.05) is 36.7 Å². The molecule has 3 heterocycles. The number of methoxy groups -OCH3 is 1. The maximum atomic E-state index is 12.5. The lowest BCUT2D eigenvalue weighted by Crippen LogP contribution is -2.51. The van der Waals surface area contributed by atoms with E-state index in [-0.39, 0.29) is 18.1 Å². The fourth-order valence-electron chi connectivity index (χ4n) is 2.48. The summed E-state index contributed by atoms with van der Waals surface area (Å²) >= 11 is 0. The van der Waals surface area contributed by atoms with Crippen LogP contribution in [0.3, 0.4) is 0 Å². The van der Waals surface area contributed by atoms with E-state index in [4.69, 9.17) is 14.2 Å². The Morgan fingerprint density at radius 1 is 1.25 bits per heavy atom. The van der Waals surface area contributed by atoms with E-state index in [0.717, 1.165) is 0 Å². The first-order valence-electron chi connectivity index (χ1n) is 7.72. The van der Waals surface area contributed by atoms with Crippen LogP contribution in [0.15, 0.2) is 42.7 Å². The van der Waals surface area contributed by atoms with Crippen LogP contribution in [0.25, 0.3) is 0 Å². The summed E-state index contributed by atoms with van der Waals surface area (Å²) in [6, 6.07) is 8.53. The molecule has 126 valence electrons. The molecule has 1 saturated heterocycles. The second-order valence-corrected chi connectivity index (χ2v) is 5.35. The maximum Gasteiger partial charge on any atom is 0.251 e. The molecule has 1 aliphatic heterocycles. The number of hydrogen-bond donors (Lipinski definition) is 1.